The third kappa shape index (κ3) is 5.01. The summed E-state index contributed by atoms with van der Waals surface area (Å²) < 4.78 is 0. The minimum Gasteiger partial charge on any atom is -0.0649 e. The third-order valence-electron chi connectivity index (χ3n) is 5.00. The Morgan fingerprint density at radius 2 is 1.11 bits per heavy atom. The number of rotatable bonds is 7. The zero-order chi connectivity index (χ0) is 14.5. The average molecular weight is 260 g/mol. The van der Waals surface area contributed by atoms with E-state index in [4.69, 9.17) is 0 Å². The van der Waals surface area contributed by atoms with Gasteiger partial charge in [-0.05, 0) is 34.8 Å². The Hall–Kier alpha value is -0.780. The van der Waals surface area contributed by atoms with Crippen molar-refractivity contribution in [3.8, 4) is 0 Å². The molecule has 0 nitrogen and oxygen atoms in total. The lowest BCUT2D eigenvalue weighted by molar-refractivity contribution is 0.296. The molecule has 108 valence electrons. The van der Waals surface area contributed by atoms with Crippen LogP contribution in [0.5, 0.6) is 0 Å². The second-order valence-electron chi connectivity index (χ2n) is 7.21. The summed E-state index contributed by atoms with van der Waals surface area (Å²) in [6, 6.07) is 9.34. The van der Waals surface area contributed by atoms with Crippen LogP contribution in [-0.4, -0.2) is 0 Å². The van der Waals surface area contributed by atoms with Crippen LogP contribution in [0.3, 0.4) is 0 Å². The number of benzene rings is 1. The first kappa shape index (κ1) is 16.3. The number of hydrogen-bond donors (Lipinski definition) is 0. The standard InChI is InChI=1S/C19H32/c1-7-18(4,5)14-16-10-12-17(13-11-16)15-19(6,8-2)9-3/h10-13H,7-9,14-15H2,1-6H3. The van der Waals surface area contributed by atoms with Gasteiger partial charge in [-0.1, -0.05) is 85.1 Å². The smallest absolute Gasteiger partial charge is 0.0225 e. The van der Waals surface area contributed by atoms with E-state index in [9.17, 15) is 0 Å². The molecule has 0 bridgehead atoms. The van der Waals surface area contributed by atoms with Crippen molar-refractivity contribution in [2.75, 3.05) is 0 Å². The van der Waals surface area contributed by atoms with Crippen molar-refractivity contribution in [2.45, 2.75) is 73.6 Å². The maximum absolute atomic E-state index is 2.40. The normalized spacial score (nSPS) is 12.7. The lowest BCUT2D eigenvalue weighted by atomic mass is 9.78. The van der Waals surface area contributed by atoms with Crippen molar-refractivity contribution < 1.29 is 0 Å². The van der Waals surface area contributed by atoms with Gasteiger partial charge < -0.3 is 0 Å². The van der Waals surface area contributed by atoms with E-state index in [0.717, 1.165) is 0 Å². The molecule has 0 unspecified atom stereocenters. The van der Waals surface area contributed by atoms with Gasteiger partial charge >= 0.3 is 0 Å². The van der Waals surface area contributed by atoms with Gasteiger partial charge in [-0.15, -0.1) is 0 Å². The van der Waals surface area contributed by atoms with Gasteiger partial charge in [0, 0.05) is 0 Å². The number of hydrogen-bond acceptors (Lipinski definition) is 0. The van der Waals surface area contributed by atoms with Crippen LogP contribution in [0.15, 0.2) is 24.3 Å². The van der Waals surface area contributed by atoms with Crippen LogP contribution in [-0.2, 0) is 12.8 Å². The SMILES string of the molecule is CCC(C)(C)Cc1ccc(CC(C)(CC)CC)cc1. The molecule has 1 rings (SSSR count). The predicted molar refractivity (Wildman–Crippen MR) is 86.6 cm³/mol. The lowest BCUT2D eigenvalue weighted by Crippen LogP contribution is -2.17. The van der Waals surface area contributed by atoms with Crippen LogP contribution in [0.2, 0.25) is 0 Å². The molecule has 0 amide bonds. The minimum absolute atomic E-state index is 0.420. The van der Waals surface area contributed by atoms with Crippen LogP contribution >= 0.6 is 0 Å². The molecule has 0 saturated carbocycles. The van der Waals surface area contributed by atoms with Crippen LogP contribution < -0.4 is 0 Å². The van der Waals surface area contributed by atoms with E-state index in [1.54, 1.807) is 0 Å². The fourth-order valence-corrected chi connectivity index (χ4v) is 2.45. The Labute approximate surface area is 120 Å². The van der Waals surface area contributed by atoms with Gasteiger partial charge in [0.25, 0.3) is 0 Å². The van der Waals surface area contributed by atoms with Crippen molar-refractivity contribution in [3.63, 3.8) is 0 Å². The summed E-state index contributed by atoms with van der Waals surface area (Å²) in [6.45, 7) is 14.0. The Morgan fingerprint density at radius 3 is 1.47 bits per heavy atom. The van der Waals surface area contributed by atoms with Crippen LogP contribution in [0.4, 0.5) is 0 Å². The summed E-state index contributed by atoms with van der Waals surface area (Å²) >= 11 is 0. The van der Waals surface area contributed by atoms with Crippen molar-refractivity contribution in [2.24, 2.45) is 10.8 Å². The van der Waals surface area contributed by atoms with E-state index in [2.05, 4.69) is 65.8 Å². The van der Waals surface area contributed by atoms with Gasteiger partial charge in [0.1, 0.15) is 0 Å². The van der Waals surface area contributed by atoms with E-state index < -0.39 is 0 Å². The quantitative estimate of drug-likeness (QED) is 0.561. The van der Waals surface area contributed by atoms with E-state index >= 15 is 0 Å². The van der Waals surface area contributed by atoms with Gasteiger partial charge in [0.15, 0.2) is 0 Å². The van der Waals surface area contributed by atoms with Gasteiger partial charge in [-0.25, -0.2) is 0 Å². The molecule has 0 atom stereocenters. The van der Waals surface area contributed by atoms with E-state index in [-0.39, 0.29) is 0 Å². The summed E-state index contributed by atoms with van der Waals surface area (Å²) in [6.07, 6.45) is 6.14. The molecule has 0 aromatic heterocycles. The second-order valence-corrected chi connectivity index (χ2v) is 7.21. The predicted octanol–water partition coefficient (Wildman–Crippen LogP) is 6.03. The van der Waals surface area contributed by atoms with E-state index in [1.807, 2.05) is 0 Å². The van der Waals surface area contributed by atoms with Crippen molar-refractivity contribution >= 4 is 0 Å². The molecule has 0 heterocycles. The van der Waals surface area contributed by atoms with Crippen molar-refractivity contribution in [1.82, 2.24) is 0 Å². The fraction of sp³-hybridized carbons (Fsp3) is 0.684. The highest BCUT2D eigenvalue weighted by molar-refractivity contribution is 5.24. The summed E-state index contributed by atoms with van der Waals surface area (Å²) in [7, 11) is 0. The molecule has 0 spiro atoms. The Kier molecular flexibility index (Phi) is 5.64. The molecule has 1 aromatic carbocycles. The lowest BCUT2D eigenvalue weighted by Gasteiger charge is -2.27. The Balaban J connectivity index is 2.72. The summed E-state index contributed by atoms with van der Waals surface area (Å²) in [5.74, 6) is 0. The van der Waals surface area contributed by atoms with Gasteiger partial charge in [-0.3, -0.25) is 0 Å². The molecule has 19 heavy (non-hydrogen) atoms. The summed E-state index contributed by atoms with van der Waals surface area (Å²) in [5.41, 5.74) is 3.85. The molecular weight excluding hydrogens is 228 g/mol. The Bertz CT molecular complexity index is 366. The molecule has 0 aliphatic carbocycles. The van der Waals surface area contributed by atoms with Crippen LogP contribution in [0.25, 0.3) is 0 Å². The summed E-state index contributed by atoms with van der Waals surface area (Å²) in [4.78, 5) is 0. The molecule has 0 radical (unpaired) electrons. The zero-order valence-corrected chi connectivity index (χ0v) is 13.8. The monoisotopic (exact) mass is 260 g/mol. The summed E-state index contributed by atoms with van der Waals surface area (Å²) in [5, 5.41) is 0. The van der Waals surface area contributed by atoms with Gasteiger partial charge in [0.05, 0.1) is 0 Å². The maximum atomic E-state index is 2.40. The first-order valence-corrected chi connectivity index (χ1v) is 7.92. The first-order chi connectivity index (χ1) is 8.84. The van der Waals surface area contributed by atoms with Crippen LogP contribution in [0.1, 0.15) is 71.9 Å². The Morgan fingerprint density at radius 1 is 0.684 bits per heavy atom. The molecular formula is C19H32. The van der Waals surface area contributed by atoms with E-state index in [1.165, 1.54) is 43.2 Å². The van der Waals surface area contributed by atoms with E-state index in [0.29, 0.717) is 10.8 Å². The molecule has 1 aromatic rings. The fourth-order valence-electron chi connectivity index (χ4n) is 2.45. The van der Waals surface area contributed by atoms with Crippen molar-refractivity contribution in [3.05, 3.63) is 35.4 Å². The van der Waals surface area contributed by atoms with Gasteiger partial charge in [-0.2, -0.15) is 0 Å². The first-order valence-electron chi connectivity index (χ1n) is 7.92. The average Bonchev–Trinajstić information content (AvgIpc) is 2.40. The molecule has 0 saturated heterocycles. The van der Waals surface area contributed by atoms with Crippen molar-refractivity contribution in [1.29, 1.82) is 0 Å². The molecule has 0 N–H and O–H groups in total. The van der Waals surface area contributed by atoms with Gasteiger partial charge in [0.2, 0.25) is 0 Å². The second kappa shape index (κ2) is 6.59. The van der Waals surface area contributed by atoms with Crippen LogP contribution in [0, 0.1) is 10.8 Å². The maximum Gasteiger partial charge on any atom is -0.0225 e. The third-order valence-corrected chi connectivity index (χ3v) is 5.00. The molecule has 0 fully saturated rings. The topological polar surface area (TPSA) is 0 Å². The highest BCUT2D eigenvalue weighted by Crippen LogP contribution is 2.31. The molecule has 0 aliphatic rings. The molecule has 0 heteroatoms. The zero-order valence-electron chi connectivity index (χ0n) is 13.8. The largest absolute Gasteiger partial charge is 0.0649 e. The molecule has 0 aliphatic heterocycles. The highest BCUT2D eigenvalue weighted by atomic mass is 14.3. The minimum atomic E-state index is 0.420. The highest BCUT2D eigenvalue weighted by Gasteiger charge is 2.20.